The van der Waals surface area contributed by atoms with Gasteiger partial charge in [0.2, 0.25) is 0 Å². The Kier molecular flexibility index (Phi) is 17.4. The van der Waals surface area contributed by atoms with Crippen molar-refractivity contribution in [3.05, 3.63) is 0 Å². The van der Waals surface area contributed by atoms with Gasteiger partial charge in [-0.3, -0.25) is 4.79 Å². The van der Waals surface area contributed by atoms with E-state index in [1.807, 2.05) is 13.8 Å². The fourth-order valence-corrected chi connectivity index (χ4v) is 2.87. The maximum absolute atomic E-state index is 11.4. The van der Waals surface area contributed by atoms with E-state index in [1.54, 1.807) is 0 Å². The van der Waals surface area contributed by atoms with E-state index in [9.17, 15) is 4.79 Å². The highest BCUT2D eigenvalue weighted by atomic mass is 16.5. The van der Waals surface area contributed by atoms with Gasteiger partial charge < -0.3 is 4.74 Å². The molecule has 0 saturated carbocycles. The second-order valence-electron chi connectivity index (χ2n) is 7.41. The molecular formula is C21H42O2. The lowest BCUT2D eigenvalue weighted by Crippen LogP contribution is -2.08. The quantitative estimate of drug-likeness (QED) is 0.211. The number of ether oxygens (including phenoxy) is 1. The van der Waals surface area contributed by atoms with Crippen LogP contribution in [-0.2, 0) is 9.53 Å². The minimum Gasteiger partial charge on any atom is -0.466 e. The first-order chi connectivity index (χ1) is 11.2. The topological polar surface area (TPSA) is 26.3 Å². The van der Waals surface area contributed by atoms with Crippen molar-refractivity contribution in [1.82, 2.24) is 0 Å². The molecule has 2 nitrogen and oxygen atoms in total. The second kappa shape index (κ2) is 17.8. The molecular weight excluding hydrogens is 284 g/mol. The second-order valence-corrected chi connectivity index (χ2v) is 7.41. The summed E-state index contributed by atoms with van der Waals surface area (Å²) >= 11 is 0. The van der Waals surface area contributed by atoms with Crippen molar-refractivity contribution in [3.63, 3.8) is 0 Å². The molecule has 0 aliphatic carbocycles. The number of carbonyl (C=O) groups is 1. The summed E-state index contributed by atoms with van der Waals surface area (Å²) in [6, 6.07) is 0. The van der Waals surface area contributed by atoms with E-state index in [0.717, 1.165) is 6.42 Å². The van der Waals surface area contributed by atoms with E-state index in [-0.39, 0.29) is 5.97 Å². The van der Waals surface area contributed by atoms with Crippen LogP contribution in [0.25, 0.3) is 0 Å². The summed E-state index contributed by atoms with van der Waals surface area (Å²) in [4.78, 5) is 11.4. The maximum Gasteiger partial charge on any atom is 0.306 e. The third-order valence-electron chi connectivity index (χ3n) is 4.34. The number of hydrogen-bond donors (Lipinski definition) is 0. The average molecular weight is 327 g/mol. The van der Waals surface area contributed by atoms with Crippen molar-refractivity contribution >= 4 is 5.97 Å². The fraction of sp³-hybridized carbons (Fsp3) is 0.952. The van der Waals surface area contributed by atoms with Gasteiger partial charge in [-0.15, -0.1) is 0 Å². The Morgan fingerprint density at radius 1 is 0.696 bits per heavy atom. The van der Waals surface area contributed by atoms with Gasteiger partial charge in [0.15, 0.2) is 0 Å². The van der Waals surface area contributed by atoms with Gasteiger partial charge in [-0.25, -0.2) is 0 Å². The van der Waals surface area contributed by atoms with E-state index in [0.29, 0.717) is 18.9 Å². The third-order valence-corrected chi connectivity index (χ3v) is 4.34. The van der Waals surface area contributed by atoms with Gasteiger partial charge >= 0.3 is 5.97 Å². The molecule has 0 aromatic carbocycles. The van der Waals surface area contributed by atoms with Crippen molar-refractivity contribution in [2.45, 2.75) is 117 Å². The van der Waals surface area contributed by atoms with Gasteiger partial charge in [0, 0.05) is 6.42 Å². The molecule has 0 atom stereocenters. The highest BCUT2D eigenvalue weighted by Gasteiger charge is 2.05. The Hall–Kier alpha value is -0.530. The van der Waals surface area contributed by atoms with Gasteiger partial charge in [0.25, 0.3) is 0 Å². The van der Waals surface area contributed by atoms with Gasteiger partial charge in [0.05, 0.1) is 6.61 Å². The van der Waals surface area contributed by atoms with Crippen LogP contribution >= 0.6 is 0 Å². The molecule has 0 aromatic heterocycles. The zero-order valence-corrected chi connectivity index (χ0v) is 16.2. The van der Waals surface area contributed by atoms with E-state index in [1.165, 1.54) is 83.5 Å². The highest BCUT2D eigenvalue weighted by Crippen LogP contribution is 2.13. The Labute approximate surface area is 145 Å². The molecule has 0 amide bonds. The fourth-order valence-electron chi connectivity index (χ4n) is 2.87. The number of unbranched alkanes of at least 4 members (excludes halogenated alkanes) is 13. The number of carbonyl (C=O) groups excluding carboxylic acids is 1. The molecule has 138 valence electrons. The van der Waals surface area contributed by atoms with Crippen molar-refractivity contribution in [3.8, 4) is 0 Å². The Balaban J connectivity index is 3.06. The van der Waals surface area contributed by atoms with Crippen LogP contribution in [0, 0.1) is 5.92 Å². The summed E-state index contributed by atoms with van der Waals surface area (Å²) in [6.45, 7) is 6.99. The molecule has 0 spiro atoms. The van der Waals surface area contributed by atoms with Crippen LogP contribution in [0.1, 0.15) is 117 Å². The molecule has 0 fully saturated rings. The lowest BCUT2D eigenvalue weighted by atomic mass is 10.0. The molecule has 0 heterocycles. The van der Waals surface area contributed by atoms with E-state index >= 15 is 0 Å². The van der Waals surface area contributed by atoms with Crippen LogP contribution in [0.5, 0.6) is 0 Å². The van der Waals surface area contributed by atoms with Crippen LogP contribution < -0.4 is 0 Å². The zero-order valence-electron chi connectivity index (χ0n) is 16.2. The van der Waals surface area contributed by atoms with Gasteiger partial charge in [0.1, 0.15) is 0 Å². The van der Waals surface area contributed by atoms with Crippen molar-refractivity contribution in [2.24, 2.45) is 5.92 Å². The zero-order chi connectivity index (χ0) is 17.2. The SMILES string of the molecule is CCCCCCCCCCCCCCCCOC(=O)CC(C)C. The monoisotopic (exact) mass is 326 g/mol. The van der Waals surface area contributed by atoms with Gasteiger partial charge in [-0.2, -0.15) is 0 Å². The summed E-state index contributed by atoms with van der Waals surface area (Å²) in [5.74, 6) is 0.369. The minimum absolute atomic E-state index is 0.0327. The first-order valence-electron chi connectivity index (χ1n) is 10.3. The van der Waals surface area contributed by atoms with Crippen LogP contribution in [0.15, 0.2) is 0 Å². The molecule has 0 unspecified atom stereocenters. The number of hydrogen-bond acceptors (Lipinski definition) is 2. The number of esters is 1. The Morgan fingerprint density at radius 3 is 1.48 bits per heavy atom. The largest absolute Gasteiger partial charge is 0.466 e. The van der Waals surface area contributed by atoms with Crippen LogP contribution in [0.2, 0.25) is 0 Å². The third kappa shape index (κ3) is 19.4. The van der Waals surface area contributed by atoms with Crippen LogP contribution in [0.3, 0.4) is 0 Å². The summed E-state index contributed by atoms with van der Waals surface area (Å²) < 4.78 is 5.22. The smallest absolute Gasteiger partial charge is 0.306 e. The first kappa shape index (κ1) is 22.5. The summed E-state index contributed by atoms with van der Waals surface area (Å²) in [6.07, 6.45) is 19.6. The Morgan fingerprint density at radius 2 is 1.09 bits per heavy atom. The van der Waals surface area contributed by atoms with Gasteiger partial charge in [-0.1, -0.05) is 104 Å². The summed E-state index contributed by atoms with van der Waals surface area (Å²) in [7, 11) is 0. The lowest BCUT2D eigenvalue weighted by Gasteiger charge is -2.06. The van der Waals surface area contributed by atoms with Crippen molar-refractivity contribution in [1.29, 1.82) is 0 Å². The van der Waals surface area contributed by atoms with Crippen LogP contribution in [-0.4, -0.2) is 12.6 Å². The van der Waals surface area contributed by atoms with E-state index in [2.05, 4.69) is 6.92 Å². The molecule has 23 heavy (non-hydrogen) atoms. The van der Waals surface area contributed by atoms with E-state index in [4.69, 9.17) is 4.74 Å². The molecule has 0 rings (SSSR count). The van der Waals surface area contributed by atoms with Crippen molar-refractivity contribution < 1.29 is 9.53 Å². The molecule has 0 N–H and O–H groups in total. The maximum atomic E-state index is 11.4. The molecule has 0 aromatic rings. The lowest BCUT2D eigenvalue weighted by molar-refractivity contribution is -0.144. The predicted molar refractivity (Wildman–Crippen MR) is 101 cm³/mol. The van der Waals surface area contributed by atoms with E-state index < -0.39 is 0 Å². The Bertz CT molecular complexity index is 248. The normalized spacial score (nSPS) is 11.1. The van der Waals surface area contributed by atoms with Gasteiger partial charge in [-0.05, 0) is 12.3 Å². The van der Waals surface area contributed by atoms with Crippen LogP contribution in [0.4, 0.5) is 0 Å². The average Bonchev–Trinajstić information content (AvgIpc) is 2.50. The minimum atomic E-state index is -0.0327. The highest BCUT2D eigenvalue weighted by molar-refractivity contribution is 5.69. The summed E-state index contributed by atoms with van der Waals surface area (Å²) in [5.41, 5.74) is 0. The first-order valence-corrected chi connectivity index (χ1v) is 10.3. The number of rotatable bonds is 17. The standard InChI is InChI=1S/C21H42O2/c1-4-5-6-7-8-9-10-11-12-13-14-15-16-17-18-23-21(22)19-20(2)3/h20H,4-19H2,1-3H3. The molecule has 0 bridgehead atoms. The molecule has 0 aliphatic rings. The summed E-state index contributed by atoms with van der Waals surface area (Å²) in [5, 5.41) is 0. The molecule has 0 radical (unpaired) electrons. The molecule has 0 aliphatic heterocycles. The van der Waals surface area contributed by atoms with Crippen molar-refractivity contribution in [2.75, 3.05) is 6.61 Å². The predicted octanol–water partition coefficient (Wildman–Crippen LogP) is 7.06. The molecule has 0 saturated heterocycles. The molecule has 2 heteroatoms.